The molecule has 1 fully saturated rings. The second-order valence-corrected chi connectivity index (χ2v) is 6.42. The lowest BCUT2D eigenvalue weighted by Gasteiger charge is -2.35. The number of nitrogens with two attached hydrogens (primary N) is 1. The maximum atomic E-state index is 11.9. The van der Waals surface area contributed by atoms with E-state index in [2.05, 4.69) is 24.1 Å². The third kappa shape index (κ3) is 8.77. The van der Waals surface area contributed by atoms with Crippen LogP contribution in [-0.4, -0.2) is 49.2 Å². The summed E-state index contributed by atoms with van der Waals surface area (Å²) in [5.74, 6) is 0.0944. The maximum absolute atomic E-state index is 11.9. The molecule has 0 aromatic heterocycles. The lowest BCUT2D eigenvalue weighted by Crippen LogP contribution is -2.46. The summed E-state index contributed by atoms with van der Waals surface area (Å²) in [5.41, 5.74) is 7.69. The van der Waals surface area contributed by atoms with Crippen LogP contribution in [0.25, 0.3) is 0 Å². The third-order valence-electron chi connectivity index (χ3n) is 4.15. The molecule has 3 N–H and O–H groups in total. The number of ether oxygens (including phenoxy) is 1. The van der Waals surface area contributed by atoms with Crippen LogP contribution < -0.4 is 11.1 Å². The number of nitrogens with one attached hydrogen (secondary N) is 1. The largest absolute Gasteiger partial charge is 0.399 e. The summed E-state index contributed by atoms with van der Waals surface area (Å²) in [4.78, 5) is 14.3. The molecule has 1 saturated heterocycles. The number of hydrogen-bond acceptors (Lipinski definition) is 4. The van der Waals surface area contributed by atoms with Gasteiger partial charge in [0.25, 0.3) is 0 Å². The summed E-state index contributed by atoms with van der Waals surface area (Å²) >= 11 is 0. The average molecular weight is 392 g/mol. The number of nitrogen functional groups attached to an aromatic ring is 1. The van der Waals surface area contributed by atoms with Crippen LogP contribution in [-0.2, 0) is 16.0 Å². The molecule has 2 rings (SSSR count). The molecular formula is C18H31Cl2N3O2. The van der Waals surface area contributed by atoms with Crippen molar-refractivity contribution in [3.05, 3.63) is 29.8 Å². The molecule has 1 aromatic rings. The lowest BCUT2D eigenvalue weighted by atomic mass is 10.1. The number of anilines is 1. The van der Waals surface area contributed by atoms with Crippen molar-refractivity contribution < 1.29 is 9.53 Å². The van der Waals surface area contributed by atoms with Gasteiger partial charge in [0.15, 0.2) is 0 Å². The fourth-order valence-corrected chi connectivity index (χ4v) is 3.10. The number of nitrogens with zero attached hydrogens (tertiary/aromatic N) is 1. The summed E-state index contributed by atoms with van der Waals surface area (Å²) in [6, 6.07) is 7.71. The monoisotopic (exact) mass is 391 g/mol. The first kappa shape index (κ1) is 24.0. The number of para-hydroxylation sites is 1. The minimum atomic E-state index is 0. The quantitative estimate of drug-likeness (QED) is 0.553. The van der Waals surface area contributed by atoms with Crippen molar-refractivity contribution in [3.8, 4) is 0 Å². The summed E-state index contributed by atoms with van der Waals surface area (Å²) in [5, 5.41) is 3.00. The molecule has 1 aliphatic rings. The Balaban J connectivity index is 0.00000288. The van der Waals surface area contributed by atoms with Crippen LogP contribution in [0.3, 0.4) is 0 Å². The zero-order valence-electron chi connectivity index (χ0n) is 15.1. The highest BCUT2D eigenvalue weighted by atomic mass is 35.5. The predicted molar refractivity (Wildman–Crippen MR) is 108 cm³/mol. The molecule has 2 atom stereocenters. The summed E-state index contributed by atoms with van der Waals surface area (Å²) < 4.78 is 5.72. The van der Waals surface area contributed by atoms with E-state index in [-0.39, 0.29) is 30.7 Å². The topological polar surface area (TPSA) is 67.6 Å². The fourth-order valence-electron chi connectivity index (χ4n) is 3.10. The highest BCUT2D eigenvalue weighted by Gasteiger charge is 2.21. The first-order valence-electron chi connectivity index (χ1n) is 8.52. The van der Waals surface area contributed by atoms with E-state index >= 15 is 0 Å². The van der Waals surface area contributed by atoms with Crippen LogP contribution in [0.5, 0.6) is 0 Å². The molecule has 144 valence electrons. The molecule has 1 aliphatic heterocycles. The van der Waals surface area contributed by atoms with Crippen molar-refractivity contribution in [1.82, 2.24) is 10.2 Å². The van der Waals surface area contributed by atoms with Gasteiger partial charge in [-0.05, 0) is 38.3 Å². The van der Waals surface area contributed by atoms with Crippen LogP contribution in [0.2, 0.25) is 0 Å². The van der Waals surface area contributed by atoms with Crippen LogP contribution in [0.4, 0.5) is 5.69 Å². The Morgan fingerprint density at radius 1 is 1.24 bits per heavy atom. The zero-order valence-corrected chi connectivity index (χ0v) is 16.7. The van der Waals surface area contributed by atoms with Gasteiger partial charge in [-0.3, -0.25) is 9.69 Å². The fraction of sp³-hybridized carbons (Fsp3) is 0.611. The number of carbonyl (C=O) groups is 1. The SMILES string of the molecule is CC1CN(CCCNC(=O)CCc2ccccc2N)CC(C)O1.Cl.Cl. The highest BCUT2D eigenvalue weighted by Crippen LogP contribution is 2.12. The standard InChI is InChI=1S/C18H29N3O2.2ClH/c1-14-12-21(13-15(2)23-14)11-5-10-20-18(22)9-8-16-6-3-4-7-17(16)19;;/h3-4,6-7,14-15H,5,8-13,19H2,1-2H3,(H,20,22);2*1H. The van der Waals surface area contributed by atoms with Gasteiger partial charge in [-0.15, -0.1) is 24.8 Å². The van der Waals surface area contributed by atoms with E-state index < -0.39 is 0 Å². The number of hydrogen-bond donors (Lipinski definition) is 2. The van der Waals surface area contributed by atoms with E-state index in [0.717, 1.165) is 43.9 Å². The molecule has 7 heteroatoms. The molecule has 0 saturated carbocycles. The molecule has 1 amide bonds. The lowest BCUT2D eigenvalue weighted by molar-refractivity contribution is -0.121. The minimum absolute atomic E-state index is 0. The Morgan fingerprint density at radius 3 is 2.52 bits per heavy atom. The van der Waals surface area contributed by atoms with E-state index in [1.54, 1.807) is 0 Å². The Kier molecular flexibility index (Phi) is 11.9. The molecular weight excluding hydrogens is 361 g/mol. The zero-order chi connectivity index (χ0) is 16.7. The van der Waals surface area contributed by atoms with E-state index in [0.29, 0.717) is 25.0 Å². The first-order chi connectivity index (χ1) is 11.0. The number of aryl methyl sites for hydroxylation is 1. The molecule has 0 radical (unpaired) electrons. The van der Waals surface area contributed by atoms with Gasteiger partial charge in [-0.1, -0.05) is 18.2 Å². The summed E-state index contributed by atoms with van der Waals surface area (Å²) in [6.45, 7) is 7.91. The second kappa shape index (κ2) is 12.4. The predicted octanol–water partition coefficient (Wildman–Crippen LogP) is 2.66. The van der Waals surface area contributed by atoms with Crippen molar-refractivity contribution >= 4 is 36.4 Å². The third-order valence-corrected chi connectivity index (χ3v) is 4.15. The van der Waals surface area contributed by atoms with Gasteiger partial charge in [0, 0.05) is 38.3 Å². The maximum Gasteiger partial charge on any atom is 0.220 e. The molecule has 1 aromatic carbocycles. The van der Waals surface area contributed by atoms with E-state index in [1.165, 1.54) is 0 Å². The molecule has 1 heterocycles. The number of carbonyl (C=O) groups excluding carboxylic acids is 1. The van der Waals surface area contributed by atoms with E-state index in [4.69, 9.17) is 10.5 Å². The van der Waals surface area contributed by atoms with Crippen molar-refractivity contribution in [1.29, 1.82) is 0 Å². The molecule has 0 bridgehead atoms. The number of benzene rings is 1. The van der Waals surface area contributed by atoms with E-state index in [1.807, 2.05) is 24.3 Å². The van der Waals surface area contributed by atoms with Gasteiger partial charge >= 0.3 is 0 Å². The van der Waals surface area contributed by atoms with Crippen molar-refractivity contribution in [2.24, 2.45) is 0 Å². The Hall–Kier alpha value is -1.01. The number of amides is 1. The van der Waals surface area contributed by atoms with Crippen LogP contribution >= 0.6 is 24.8 Å². The Labute approximate surface area is 163 Å². The van der Waals surface area contributed by atoms with Crippen molar-refractivity contribution in [2.75, 3.05) is 31.9 Å². The molecule has 0 aliphatic carbocycles. The van der Waals surface area contributed by atoms with Crippen molar-refractivity contribution in [3.63, 3.8) is 0 Å². The number of rotatable bonds is 7. The number of halogens is 2. The van der Waals surface area contributed by atoms with Gasteiger partial charge < -0.3 is 15.8 Å². The second-order valence-electron chi connectivity index (χ2n) is 6.42. The smallest absolute Gasteiger partial charge is 0.220 e. The normalized spacial score (nSPS) is 20.2. The van der Waals surface area contributed by atoms with Crippen LogP contribution in [0.15, 0.2) is 24.3 Å². The average Bonchev–Trinajstić information content (AvgIpc) is 2.50. The van der Waals surface area contributed by atoms with Gasteiger partial charge in [0.05, 0.1) is 12.2 Å². The number of morpholine rings is 1. The molecule has 2 unspecified atom stereocenters. The first-order valence-corrected chi connectivity index (χ1v) is 8.52. The van der Waals surface area contributed by atoms with Crippen molar-refractivity contribution in [2.45, 2.75) is 45.3 Å². The molecule has 25 heavy (non-hydrogen) atoms. The Morgan fingerprint density at radius 2 is 1.88 bits per heavy atom. The summed E-state index contributed by atoms with van der Waals surface area (Å²) in [6.07, 6.45) is 2.74. The summed E-state index contributed by atoms with van der Waals surface area (Å²) in [7, 11) is 0. The Bertz CT molecular complexity index is 507. The van der Waals surface area contributed by atoms with Crippen LogP contribution in [0, 0.1) is 0 Å². The molecule has 5 nitrogen and oxygen atoms in total. The van der Waals surface area contributed by atoms with Crippen LogP contribution in [0.1, 0.15) is 32.3 Å². The van der Waals surface area contributed by atoms with Gasteiger partial charge in [-0.25, -0.2) is 0 Å². The highest BCUT2D eigenvalue weighted by molar-refractivity contribution is 5.85. The van der Waals surface area contributed by atoms with E-state index in [9.17, 15) is 4.79 Å². The van der Waals surface area contributed by atoms with Gasteiger partial charge in [0.2, 0.25) is 5.91 Å². The van der Waals surface area contributed by atoms with Gasteiger partial charge in [0.1, 0.15) is 0 Å². The van der Waals surface area contributed by atoms with Gasteiger partial charge in [-0.2, -0.15) is 0 Å². The molecule has 0 spiro atoms. The minimum Gasteiger partial charge on any atom is -0.399 e.